The van der Waals surface area contributed by atoms with Gasteiger partial charge in [0.1, 0.15) is 18.2 Å². The second-order valence-corrected chi connectivity index (χ2v) is 10.3. The van der Waals surface area contributed by atoms with Crippen molar-refractivity contribution in [2.24, 2.45) is 0 Å². The number of anilines is 1. The minimum Gasteiger partial charge on any atom is -0.329 e. The zero-order valence-corrected chi connectivity index (χ0v) is 22.2. The molecule has 192 valence electrons. The van der Waals surface area contributed by atoms with Gasteiger partial charge in [0.25, 0.3) is 5.91 Å². The zero-order valence-electron chi connectivity index (χ0n) is 22.2. The van der Waals surface area contributed by atoms with Gasteiger partial charge in [-0.2, -0.15) is 5.10 Å². The highest BCUT2D eigenvalue weighted by molar-refractivity contribution is 5.99. The van der Waals surface area contributed by atoms with Crippen LogP contribution in [-0.4, -0.2) is 39.6 Å². The first-order valence-corrected chi connectivity index (χ1v) is 12.5. The standard InChI is InChI=1S/C29H37FN4O2/c1-7-8-11-16-33(28(36)22-12-9-10-13-23(22)30)19-27(35)31-26-18-25(29(4,5)6)32-34(26)24-15-14-20(2)17-21(24)3/h9-10,12-15,17-18H,7-8,11,16,19H2,1-6H3,(H,31,35). The summed E-state index contributed by atoms with van der Waals surface area (Å²) >= 11 is 0. The van der Waals surface area contributed by atoms with Gasteiger partial charge in [0.05, 0.1) is 16.9 Å². The molecule has 0 saturated heterocycles. The van der Waals surface area contributed by atoms with Gasteiger partial charge in [-0.15, -0.1) is 0 Å². The maximum absolute atomic E-state index is 14.3. The molecule has 0 fully saturated rings. The van der Waals surface area contributed by atoms with E-state index in [0.29, 0.717) is 12.4 Å². The highest BCUT2D eigenvalue weighted by Crippen LogP contribution is 2.28. The Labute approximate surface area is 213 Å². The number of unbranched alkanes of at least 4 members (excludes halogenated alkanes) is 2. The van der Waals surface area contributed by atoms with Gasteiger partial charge < -0.3 is 10.2 Å². The molecule has 0 atom stereocenters. The molecule has 0 radical (unpaired) electrons. The zero-order chi connectivity index (χ0) is 26.5. The van der Waals surface area contributed by atoms with Crippen LogP contribution in [-0.2, 0) is 10.2 Å². The van der Waals surface area contributed by atoms with Gasteiger partial charge in [-0.1, -0.05) is 70.4 Å². The summed E-state index contributed by atoms with van der Waals surface area (Å²) in [5.74, 6) is -0.907. The monoisotopic (exact) mass is 492 g/mol. The van der Waals surface area contributed by atoms with Crippen molar-refractivity contribution in [1.29, 1.82) is 0 Å². The predicted molar refractivity (Wildman–Crippen MR) is 142 cm³/mol. The van der Waals surface area contributed by atoms with Crippen LogP contribution in [0.2, 0.25) is 0 Å². The number of nitrogens with one attached hydrogen (secondary N) is 1. The number of hydrogen-bond donors (Lipinski definition) is 1. The molecular formula is C29H37FN4O2. The molecule has 0 aliphatic carbocycles. The SMILES string of the molecule is CCCCCN(CC(=O)Nc1cc(C(C)(C)C)nn1-c1ccc(C)cc1C)C(=O)c1ccccc1F. The Kier molecular flexibility index (Phi) is 8.66. The minimum absolute atomic E-state index is 0.0304. The van der Waals surface area contributed by atoms with E-state index in [9.17, 15) is 14.0 Å². The number of carbonyl (C=O) groups is 2. The van der Waals surface area contributed by atoms with Gasteiger partial charge >= 0.3 is 0 Å². The highest BCUT2D eigenvalue weighted by atomic mass is 19.1. The normalized spacial score (nSPS) is 11.4. The van der Waals surface area contributed by atoms with Crippen molar-refractivity contribution in [3.05, 3.63) is 76.7 Å². The van der Waals surface area contributed by atoms with Crippen LogP contribution in [0.3, 0.4) is 0 Å². The van der Waals surface area contributed by atoms with E-state index in [1.165, 1.54) is 17.0 Å². The topological polar surface area (TPSA) is 67.2 Å². The van der Waals surface area contributed by atoms with Crippen LogP contribution in [0.25, 0.3) is 5.69 Å². The molecule has 36 heavy (non-hydrogen) atoms. The van der Waals surface area contributed by atoms with Crippen molar-refractivity contribution in [2.45, 2.75) is 66.2 Å². The summed E-state index contributed by atoms with van der Waals surface area (Å²) in [5, 5.41) is 7.76. The van der Waals surface area contributed by atoms with Crippen molar-refractivity contribution < 1.29 is 14.0 Å². The molecule has 0 saturated carbocycles. The Morgan fingerprint density at radius 1 is 1.06 bits per heavy atom. The Morgan fingerprint density at radius 3 is 2.42 bits per heavy atom. The lowest BCUT2D eigenvalue weighted by Gasteiger charge is -2.22. The first-order chi connectivity index (χ1) is 17.0. The number of benzene rings is 2. The smallest absolute Gasteiger partial charge is 0.257 e. The molecule has 2 amide bonds. The number of hydrogen-bond acceptors (Lipinski definition) is 3. The van der Waals surface area contributed by atoms with E-state index in [4.69, 9.17) is 5.10 Å². The second-order valence-electron chi connectivity index (χ2n) is 10.3. The van der Waals surface area contributed by atoms with E-state index in [0.717, 1.165) is 41.8 Å². The number of aromatic nitrogens is 2. The van der Waals surface area contributed by atoms with Gasteiger partial charge in [-0.05, 0) is 44.0 Å². The molecule has 0 unspecified atom stereocenters. The number of nitrogens with zero attached hydrogens (tertiary/aromatic N) is 3. The van der Waals surface area contributed by atoms with E-state index in [-0.39, 0.29) is 23.4 Å². The van der Waals surface area contributed by atoms with E-state index in [1.54, 1.807) is 16.8 Å². The molecule has 1 heterocycles. The van der Waals surface area contributed by atoms with E-state index in [1.807, 2.05) is 32.0 Å². The summed E-state index contributed by atoms with van der Waals surface area (Å²) < 4.78 is 16.1. The molecular weight excluding hydrogens is 455 g/mol. The molecule has 3 aromatic rings. The van der Waals surface area contributed by atoms with Crippen LogP contribution in [0.1, 0.15) is 74.1 Å². The third-order valence-electron chi connectivity index (χ3n) is 6.08. The van der Waals surface area contributed by atoms with Crippen LogP contribution >= 0.6 is 0 Å². The average molecular weight is 493 g/mol. The van der Waals surface area contributed by atoms with Crippen molar-refractivity contribution in [3.63, 3.8) is 0 Å². The first kappa shape index (κ1) is 27.1. The average Bonchev–Trinajstić information content (AvgIpc) is 3.22. The summed E-state index contributed by atoms with van der Waals surface area (Å²) in [6.07, 6.45) is 2.62. The van der Waals surface area contributed by atoms with Crippen molar-refractivity contribution in [2.75, 3.05) is 18.4 Å². The number of rotatable bonds is 9. The van der Waals surface area contributed by atoms with Crippen LogP contribution in [0.15, 0.2) is 48.5 Å². The molecule has 7 heteroatoms. The van der Waals surface area contributed by atoms with Gasteiger partial charge in [-0.3, -0.25) is 9.59 Å². The lowest BCUT2D eigenvalue weighted by atomic mass is 9.92. The Bertz CT molecular complexity index is 1230. The maximum Gasteiger partial charge on any atom is 0.257 e. The molecule has 1 aromatic heterocycles. The lowest BCUT2D eigenvalue weighted by Crippen LogP contribution is -2.39. The van der Waals surface area contributed by atoms with Crippen LogP contribution in [0.5, 0.6) is 0 Å². The molecule has 2 aromatic carbocycles. The predicted octanol–water partition coefficient (Wildman–Crippen LogP) is 6.20. The first-order valence-electron chi connectivity index (χ1n) is 12.5. The van der Waals surface area contributed by atoms with E-state index >= 15 is 0 Å². The number of amides is 2. The molecule has 3 rings (SSSR count). The number of halogens is 1. The molecule has 0 aliphatic rings. The third kappa shape index (κ3) is 6.59. The minimum atomic E-state index is -0.592. The van der Waals surface area contributed by atoms with Gasteiger partial charge in [0.15, 0.2) is 0 Å². The third-order valence-corrected chi connectivity index (χ3v) is 6.08. The Morgan fingerprint density at radius 2 is 1.78 bits per heavy atom. The van der Waals surface area contributed by atoms with E-state index in [2.05, 4.69) is 39.1 Å². The molecule has 0 spiro atoms. The lowest BCUT2D eigenvalue weighted by molar-refractivity contribution is -0.117. The summed E-state index contributed by atoms with van der Waals surface area (Å²) in [5.41, 5.74) is 3.62. The summed E-state index contributed by atoms with van der Waals surface area (Å²) in [7, 11) is 0. The summed E-state index contributed by atoms with van der Waals surface area (Å²) in [4.78, 5) is 27.8. The Hall–Kier alpha value is -3.48. The fraction of sp³-hybridized carbons (Fsp3) is 0.414. The number of aryl methyl sites for hydroxylation is 2. The van der Waals surface area contributed by atoms with E-state index < -0.39 is 11.7 Å². The van der Waals surface area contributed by atoms with Gasteiger partial charge in [0.2, 0.25) is 5.91 Å². The molecule has 0 aliphatic heterocycles. The quantitative estimate of drug-likeness (QED) is 0.362. The fourth-order valence-corrected chi connectivity index (χ4v) is 4.03. The van der Waals surface area contributed by atoms with Crippen LogP contribution in [0, 0.1) is 19.7 Å². The van der Waals surface area contributed by atoms with Crippen LogP contribution in [0.4, 0.5) is 10.2 Å². The fourth-order valence-electron chi connectivity index (χ4n) is 4.03. The second kappa shape index (κ2) is 11.5. The van der Waals surface area contributed by atoms with Crippen LogP contribution < -0.4 is 5.32 Å². The molecule has 1 N–H and O–H groups in total. The number of carbonyl (C=O) groups excluding carboxylic acids is 2. The van der Waals surface area contributed by atoms with Crippen molar-refractivity contribution in [3.8, 4) is 5.69 Å². The van der Waals surface area contributed by atoms with Crippen molar-refractivity contribution in [1.82, 2.24) is 14.7 Å². The Balaban J connectivity index is 1.89. The molecule has 6 nitrogen and oxygen atoms in total. The van der Waals surface area contributed by atoms with Gasteiger partial charge in [0, 0.05) is 18.0 Å². The van der Waals surface area contributed by atoms with Crippen molar-refractivity contribution >= 4 is 17.6 Å². The van der Waals surface area contributed by atoms with Gasteiger partial charge in [-0.25, -0.2) is 9.07 Å². The highest BCUT2D eigenvalue weighted by Gasteiger charge is 2.25. The summed E-state index contributed by atoms with van der Waals surface area (Å²) in [6.45, 7) is 12.5. The largest absolute Gasteiger partial charge is 0.329 e. The molecule has 0 bridgehead atoms. The maximum atomic E-state index is 14.3. The summed E-state index contributed by atoms with van der Waals surface area (Å²) in [6, 6.07) is 13.8.